The summed E-state index contributed by atoms with van der Waals surface area (Å²) in [6.07, 6.45) is 4.49. The number of rotatable bonds is 10. The van der Waals surface area contributed by atoms with Crippen LogP contribution in [0, 0.1) is 0 Å². The van der Waals surface area contributed by atoms with Crippen molar-refractivity contribution in [1.82, 2.24) is 0 Å². The molecule has 0 saturated carbocycles. The smallest absolute Gasteiger partial charge is 0.206 e. The van der Waals surface area contributed by atoms with Crippen LogP contribution in [0.25, 0.3) is 11.1 Å². The summed E-state index contributed by atoms with van der Waals surface area (Å²) in [5.41, 5.74) is 16.9. The van der Waals surface area contributed by atoms with Gasteiger partial charge in [-0.2, -0.15) is 0 Å². The van der Waals surface area contributed by atoms with Crippen LogP contribution < -0.4 is 20.5 Å². The van der Waals surface area contributed by atoms with E-state index in [1.807, 2.05) is 0 Å². The van der Waals surface area contributed by atoms with Gasteiger partial charge in [0.2, 0.25) is 5.71 Å². The molecule has 0 amide bonds. The molecule has 4 rings (SSSR count). The predicted octanol–water partition coefficient (Wildman–Crippen LogP) is 4.74. The van der Waals surface area contributed by atoms with E-state index in [1.165, 1.54) is 50.5 Å². The molecule has 0 saturated heterocycles. The van der Waals surface area contributed by atoms with Gasteiger partial charge in [-0.15, -0.1) is 0 Å². The molecule has 0 bridgehead atoms. The molecule has 1 aliphatic rings. The third kappa shape index (κ3) is 5.70. The Morgan fingerprint density at radius 1 is 0.676 bits per heavy atom. The van der Waals surface area contributed by atoms with Gasteiger partial charge in [-0.1, -0.05) is 42.5 Å². The Morgan fingerprint density at radius 3 is 1.73 bits per heavy atom. The van der Waals surface area contributed by atoms with E-state index in [0.717, 1.165) is 32.7 Å². The number of benzene rings is 3. The lowest BCUT2D eigenvalue weighted by Gasteiger charge is -2.24. The molecular weight excluding hydrogens is 452 g/mol. The van der Waals surface area contributed by atoms with Crippen LogP contribution in [0.2, 0.25) is 0 Å². The lowest BCUT2D eigenvalue weighted by atomic mass is 9.83. The Labute approximate surface area is 222 Å². The molecular formula is C33H41N4+. The first-order valence-corrected chi connectivity index (χ1v) is 13.7. The van der Waals surface area contributed by atoms with Crippen LogP contribution in [0.3, 0.4) is 0 Å². The van der Waals surface area contributed by atoms with Gasteiger partial charge in [-0.25, -0.2) is 4.99 Å². The summed E-state index contributed by atoms with van der Waals surface area (Å²) in [7, 11) is 0. The zero-order chi connectivity index (χ0) is 26.2. The van der Waals surface area contributed by atoms with Gasteiger partial charge in [0.15, 0.2) is 0 Å². The largest absolute Gasteiger partial charge is 0.372 e. The maximum absolute atomic E-state index is 5.86. The average molecular weight is 494 g/mol. The number of nitrogens with zero attached hydrogens (tertiary/aromatic N) is 2. The van der Waals surface area contributed by atoms with E-state index in [0.29, 0.717) is 6.54 Å². The summed E-state index contributed by atoms with van der Waals surface area (Å²) >= 11 is 0. The molecule has 0 atom stereocenters. The van der Waals surface area contributed by atoms with Gasteiger partial charge in [0, 0.05) is 50.2 Å². The molecule has 4 heteroatoms. The van der Waals surface area contributed by atoms with Crippen molar-refractivity contribution in [3.63, 3.8) is 0 Å². The molecule has 4 nitrogen and oxygen atoms in total. The van der Waals surface area contributed by atoms with Gasteiger partial charge in [-0.05, 0) is 91.9 Å². The van der Waals surface area contributed by atoms with Crippen molar-refractivity contribution in [1.29, 1.82) is 0 Å². The molecule has 0 fully saturated rings. The normalized spacial score (nSPS) is 15.0. The molecule has 3 N–H and O–H groups in total. The molecule has 37 heavy (non-hydrogen) atoms. The van der Waals surface area contributed by atoms with Crippen LogP contribution in [0.4, 0.5) is 11.4 Å². The number of nitrogens with one attached hydrogen (secondary N) is 1. The molecule has 0 aliphatic heterocycles. The minimum Gasteiger partial charge on any atom is -0.372 e. The summed E-state index contributed by atoms with van der Waals surface area (Å²) in [6.45, 7) is 14.1. The summed E-state index contributed by atoms with van der Waals surface area (Å²) in [6, 6.07) is 26.8. The van der Waals surface area contributed by atoms with E-state index in [1.54, 1.807) is 0 Å². The molecule has 1 aliphatic carbocycles. The lowest BCUT2D eigenvalue weighted by Crippen LogP contribution is -2.72. The molecule has 192 valence electrons. The van der Waals surface area contributed by atoms with Crippen LogP contribution in [-0.2, 0) is 0 Å². The highest BCUT2D eigenvalue weighted by Gasteiger charge is 2.22. The zero-order valence-electron chi connectivity index (χ0n) is 22.8. The van der Waals surface area contributed by atoms with Crippen molar-refractivity contribution >= 4 is 28.2 Å². The maximum Gasteiger partial charge on any atom is 0.206 e. The molecule has 3 aromatic carbocycles. The topological polar surface area (TPSA) is 46.5 Å². The number of likely N-dealkylation sites (N-methyl/N-ethyl adjacent to an activating group) is 1. The minimum absolute atomic E-state index is 0.649. The van der Waals surface area contributed by atoms with Crippen molar-refractivity contribution in [2.24, 2.45) is 5.73 Å². The van der Waals surface area contributed by atoms with E-state index in [2.05, 4.69) is 127 Å². The number of hydrogen-bond donors (Lipinski definition) is 2. The second-order valence-corrected chi connectivity index (χ2v) is 9.25. The first-order valence-electron chi connectivity index (χ1n) is 13.7. The van der Waals surface area contributed by atoms with Crippen LogP contribution in [-0.4, -0.2) is 45.0 Å². The Morgan fingerprint density at radius 2 is 1.22 bits per heavy atom. The predicted molar refractivity (Wildman–Crippen MR) is 160 cm³/mol. The highest BCUT2D eigenvalue weighted by molar-refractivity contribution is 6.17. The van der Waals surface area contributed by atoms with Gasteiger partial charge < -0.3 is 15.5 Å². The quantitative estimate of drug-likeness (QED) is 0.429. The third-order valence-corrected chi connectivity index (χ3v) is 7.15. The van der Waals surface area contributed by atoms with Gasteiger partial charge in [0.25, 0.3) is 0 Å². The number of anilines is 2. The fourth-order valence-electron chi connectivity index (χ4n) is 5.23. The van der Waals surface area contributed by atoms with Crippen LogP contribution in [0.5, 0.6) is 0 Å². The lowest BCUT2D eigenvalue weighted by molar-refractivity contribution is -0.450. The second kappa shape index (κ2) is 12.6. The highest BCUT2D eigenvalue weighted by Crippen LogP contribution is 2.37. The molecule has 3 aromatic rings. The Kier molecular flexibility index (Phi) is 8.97. The summed E-state index contributed by atoms with van der Waals surface area (Å²) < 4.78 is 0. The van der Waals surface area contributed by atoms with E-state index in [-0.39, 0.29) is 0 Å². The van der Waals surface area contributed by atoms with Crippen molar-refractivity contribution < 1.29 is 4.99 Å². The number of allylic oxidation sites excluding steroid dienone is 3. The van der Waals surface area contributed by atoms with Gasteiger partial charge in [-0.3, -0.25) is 0 Å². The zero-order valence-corrected chi connectivity index (χ0v) is 22.8. The summed E-state index contributed by atoms with van der Waals surface area (Å²) in [5, 5.41) is 0. The van der Waals surface area contributed by atoms with E-state index in [4.69, 9.17) is 5.73 Å². The Hall–Kier alpha value is -3.63. The fourth-order valence-corrected chi connectivity index (χ4v) is 5.23. The standard InChI is InChI=1S/C33H40N4/c1-5-35-32-22-21-31(29-11-9-10-12-30(29)32)33(25-13-17-27(18-14-25)36(6-2)7-3)26-15-19-28(20-16-26)37(8-4)24-23-34/h9-22H,5-8,23-24,34H2,1-4H3/p+1/b33-31-,35-32?. The van der Waals surface area contributed by atoms with Crippen molar-refractivity contribution in [2.75, 3.05) is 49.1 Å². The molecule has 0 heterocycles. The first kappa shape index (κ1) is 26.4. The SMILES string of the molecule is CC[NH+]=C1C=C/C(=C(\c2ccc(N(CC)CC)cc2)c2ccc(N(CC)CCN)cc2)c2ccccc21. The third-order valence-electron chi connectivity index (χ3n) is 7.15. The minimum atomic E-state index is 0.649. The van der Waals surface area contributed by atoms with Crippen LogP contribution >= 0.6 is 0 Å². The molecule has 0 aromatic heterocycles. The molecule has 0 spiro atoms. The van der Waals surface area contributed by atoms with E-state index < -0.39 is 0 Å². The van der Waals surface area contributed by atoms with E-state index >= 15 is 0 Å². The summed E-state index contributed by atoms with van der Waals surface area (Å²) in [5.74, 6) is 0. The average Bonchev–Trinajstić information content (AvgIpc) is 2.95. The summed E-state index contributed by atoms with van der Waals surface area (Å²) in [4.78, 5) is 8.24. The Balaban J connectivity index is 1.89. The van der Waals surface area contributed by atoms with Crippen molar-refractivity contribution in [2.45, 2.75) is 27.7 Å². The molecule has 0 radical (unpaired) electrons. The monoisotopic (exact) mass is 493 g/mol. The van der Waals surface area contributed by atoms with Gasteiger partial charge >= 0.3 is 0 Å². The van der Waals surface area contributed by atoms with Gasteiger partial charge in [0.05, 0.1) is 5.56 Å². The maximum atomic E-state index is 5.86. The fraction of sp³-hybridized carbons (Fsp3) is 0.303. The number of hydrogen-bond acceptors (Lipinski definition) is 3. The first-order chi connectivity index (χ1) is 18.1. The van der Waals surface area contributed by atoms with Crippen molar-refractivity contribution in [3.8, 4) is 0 Å². The molecule has 0 unspecified atom stereocenters. The second-order valence-electron chi connectivity index (χ2n) is 9.25. The van der Waals surface area contributed by atoms with Gasteiger partial charge in [0.1, 0.15) is 6.54 Å². The van der Waals surface area contributed by atoms with Crippen molar-refractivity contribution in [3.05, 3.63) is 107 Å². The van der Waals surface area contributed by atoms with E-state index in [9.17, 15) is 0 Å². The number of fused-ring (bicyclic) bond motifs is 1. The Bertz CT molecular complexity index is 1260. The van der Waals surface area contributed by atoms with Crippen LogP contribution in [0.1, 0.15) is 49.9 Å². The highest BCUT2D eigenvalue weighted by atomic mass is 15.1. The number of nitrogens with two attached hydrogens (primary N) is 1. The van der Waals surface area contributed by atoms with Crippen LogP contribution in [0.15, 0.2) is 84.9 Å².